The van der Waals surface area contributed by atoms with Crippen molar-refractivity contribution in [1.29, 1.82) is 0 Å². The largest absolute Gasteiger partial charge is 0.298 e. The first kappa shape index (κ1) is 13.1. The van der Waals surface area contributed by atoms with Gasteiger partial charge in [0.15, 0.2) is 6.29 Å². The fourth-order valence-electron chi connectivity index (χ4n) is 1.56. The highest BCUT2D eigenvalue weighted by Gasteiger charge is 2.05. The lowest BCUT2D eigenvalue weighted by atomic mass is 10.2. The van der Waals surface area contributed by atoms with Crippen LogP contribution in [-0.2, 0) is 5.75 Å². The number of rotatable bonds is 4. The van der Waals surface area contributed by atoms with Crippen LogP contribution in [0.3, 0.4) is 0 Å². The van der Waals surface area contributed by atoms with Crippen molar-refractivity contribution in [2.45, 2.75) is 17.7 Å². The Balaban J connectivity index is 2.11. The molecule has 2 aromatic rings. The monoisotopic (exact) mass is 277 g/mol. The summed E-state index contributed by atoms with van der Waals surface area (Å²) in [6.45, 7) is 1.95. The van der Waals surface area contributed by atoms with Gasteiger partial charge in [0.25, 0.3) is 0 Å². The third kappa shape index (κ3) is 3.12. The van der Waals surface area contributed by atoms with E-state index in [2.05, 4.69) is 4.98 Å². The lowest BCUT2D eigenvalue weighted by Gasteiger charge is -2.06. The third-order valence-corrected chi connectivity index (χ3v) is 4.03. The number of aromatic nitrogens is 1. The van der Waals surface area contributed by atoms with Crippen LogP contribution in [0, 0.1) is 6.92 Å². The minimum Gasteiger partial charge on any atom is -0.298 e. The Kier molecular flexibility index (Phi) is 4.39. The van der Waals surface area contributed by atoms with Gasteiger partial charge in [-0.1, -0.05) is 29.8 Å². The molecule has 0 amide bonds. The van der Waals surface area contributed by atoms with Gasteiger partial charge >= 0.3 is 0 Å². The molecule has 0 spiro atoms. The van der Waals surface area contributed by atoms with Gasteiger partial charge in [-0.05, 0) is 30.2 Å². The minimum atomic E-state index is 0.606. The lowest BCUT2D eigenvalue weighted by molar-refractivity contribution is 0.112. The molecule has 4 heteroatoms. The molecule has 2 nitrogen and oxygen atoms in total. The molecular formula is C14H12ClNOS. The van der Waals surface area contributed by atoms with E-state index < -0.39 is 0 Å². The molecule has 0 radical (unpaired) electrons. The number of aryl methyl sites for hydroxylation is 1. The Morgan fingerprint density at radius 2 is 2.17 bits per heavy atom. The molecular weight excluding hydrogens is 266 g/mol. The summed E-state index contributed by atoms with van der Waals surface area (Å²) in [4.78, 5) is 14.9. The zero-order valence-corrected chi connectivity index (χ0v) is 11.5. The van der Waals surface area contributed by atoms with Crippen LogP contribution < -0.4 is 0 Å². The van der Waals surface area contributed by atoms with Crippen molar-refractivity contribution in [2.24, 2.45) is 0 Å². The zero-order chi connectivity index (χ0) is 13.0. The molecule has 0 aliphatic rings. The van der Waals surface area contributed by atoms with Gasteiger partial charge in [-0.2, -0.15) is 0 Å². The van der Waals surface area contributed by atoms with Gasteiger partial charge in [0.05, 0.1) is 5.03 Å². The summed E-state index contributed by atoms with van der Waals surface area (Å²) in [5, 5.41) is 1.70. The number of hydrogen-bond acceptors (Lipinski definition) is 3. The van der Waals surface area contributed by atoms with Crippen LogP contribution in [0.2, 0.25) is 5.02 Å². The quantitative estimate of drug-likeness (QED) is 0.621. The highest BCUT2D eigenvalue weighted by Crippen LogP contribution is 2.27. The van der Waals surface area contributed by atoms with Crippen molar-refractivity contribution >= 4 is 29.6 Å². The normalized spacial score (nSPS) is 10.3. The molecule has 1 heterocycles. The molecule has 0 atom stereocenters. The van der Waals surface area contributed by atoms with Gasteiger partial charge in [-0.3, -0.25) is 4.79 Å². The first-order valence-corrected chi connectivity index (χ1v) is 6.85. The maximum Gasteiger partial charge on any atom is 0.151 e. The van der Waals surface area contributed by atoms with Gasteiger partial charge < -0.3 is 0 Å². The van der Waals surface area contributed by atoms with Gasteiger partial charge in [0, 0.05) is 22.5 Å². The SMILES string of the molecule is Cc1cc(C=O)cnc1SCc1ccccc1Cl. The van der Waals surface area contributed by atoms with Crippen molar-refractivity contribution in [2.75, 3.05) is 0 Å². The second-order valence-electron chi connectivity index (χ2n) is 3.89. The summed E-state index contributed by atoms with van der Waals surface area (Å²) in [6, 6.07) is 9.61. The van der Waals surface area contributed by atoms with E-state index in [1.54, 1.807) is 18.0 Å². The summed E-state index contributed by atoms with van der Waals surface area (Å²) in [5.74, 6) is 0.772. The number of carbonyl (C=O) groups excluding carboxylic acids is 1. The molecule has 1 aromatic carbocycles. The molecule has 0 saturated carbocycles. The number of pyridine rings is 1. The molecule has 92 valence electrons. The van der Waals surface area contributed by atoms with E-state index in [9.17, 15) is 4.79 Å². The second-order valence-corrected chi connectivity index (χ2v) is 5.26. The number of benzene rings is 1. The van der Waals surface area contributed by atoms with Crippen LogP contribution in [0.4, 0.5) is 0 Å². The summed E-state index contributed by atoms with van der Waals surface area (Å²) in [7, 11) is 0. The van der Waals surface area contributed by atoms with Crippen LogP contribution >= 0.6 is 23.4 Å². The standard InChI is InChI=1S/C14H12ClNOS/c1-10-6-11(8-17)7-16-14(10)18-9-12-4-2-3-5-13(12)15/h2-8H,9H2,1H3. The first-order chi connectivity index (χ1) is 8.70. The van der Waals surface area contributed by atoms with E-state index in [-0.39, 0.29) is 0 Å². The topological polar surface area (TPSA) is 30.0 Å². The molecule has 0 fully saturated rings. The van der Waals surface area contributed by atoms with E-state index >= 15 is 0 Å². The van der Waals surface area contributed by atoms with Crippen LogP contribution in [0.1, 0.15) is 21.5 Å². The summed E-state index contributed by atoms with van der Waals surface area (Å²) in [6.07, 6.45) is 2.40. The Morgan fingerprint density at radius 1 is 1.39 bits per heavy atom. The predicted molar refractivity (Wildman–Crippen MR) is 75.4 cm³/mol. The zero-order valence-electron chi connectivity index (χ0n) is 9.89. The van der Waals surface area contributed by atoms with E-state index in [0.717, 1.165) is 33.2 Å². The Morgan fingerprint density at radius 3 is 2.83 bits per heavy atom. The first-order valence-electron chi connectivity index (χ1n) is 5.48. The highest BCUT2D eigenvalue weighted by atomic mass is 35.5. The number of halogens is 1. The number of thioether (sulfide) groups is 1. The average molecular weight is 278 g/mol. The Hall–Kier alpha value is -1.32. The average Bonchev–Trinajstić information content (AvgIpc) is 2.39. The van der Waals surface area contributed by atoms with E-state index in [4.69, 9.17) is 11.6 Å². The number of carbonyl (C=O) groups is 1. The fourth-order valence-corrected chi connectivity index (χ4v) is 2.80. The van der Waals surface area contributed by atoms with Crippen molar-refractivity contribution in [1.82, 2.24) is 4.98 Å². The predicted octanol–water partition coefficient (Wildman–Crippen LogP) is 4.15. The third-order valence-electron chi connectivity index (χ3n) is 2.51. The molecule has 0 saturated heterocycles. The van der Waals surface area contributed by atoms with Crippen molar-refractivity contribution in [3.05, 3.63) is 58.2 Å². The van der Waals surface area contributed by atoms with Gasteiger partial charge in [-0.25, -0.2) is 4.98 Å². The van der Waals surface area contributed by atoms with Crippen LogP contribution in [0.5, 0.6) is 0 Å². The molecule has 0 aliphatic carbocycles. The second kappa shape index (κ2) is 6.03. The lowest BCUT2D eigenvalue weighted by Crippen LogP contribution is -1.91. The highest BCUT2D eigenvalue weighted by molar-refractivity contribution is 7.98. The summed E-state index contributed by atoms with van der Waals surface area (Å²) in [5.41, 5.74) is 2.70. The van der Waals surface area contributed by atoms with Gasteiger partial charge in [0.2, 0.25) is 0 Å². The minimum absolute atomic E-state index is 0.606. The molecule has 2 rings (SSSR count). The van der Waals surface area contributed by atoms with Crippen LogP contribution in [-0.4, -0.2) is 11.3 Å². The van der Waals surface area contributed by atoms with Gasteiger partial charge in [-0.15, -0.1) is 11.8 Å². The molecule has 18 heavy (non-hydrogen) atoms. The van der Waals surface area contributed by atoms with Crippen molar-refractivity contribution in [3.8, 4) is 0 Å². The smallest absolute Gasteiger partial charge is 0.151 e. The Labute approximate surface area is 115 Å². The molecule has 0 bridgehead atoms. The molecule has 0 unspecified atom stereocenters. The van der Waals surface area contributed by atoms with E-state index in [1.807, 2.05) is 37.3 Å². The summed E-state index contributed by atoms with van der Waals surface area (Å²) < 4.78 is 0. The molecule has 1 aromatic heterocycles. The van der Waals surface area contributed by atoms with E-state index in [1.165, 1.54) is 0 Å². The maximum absolute atomic E-state index is 10.6. The number of hydrogen-bond donors (Lipinski definition) is 0. The number of nitrogens with zero attached hydrogens (tertiary/aromatic N) is 1. The molecule has 0 N–H and O–H groups in total. The van der Waals surface area contributed by atoms with Crippen molar-refractivity contribution < 1.29 is 4.79 Å². The van der Waals surface area contributed by atoms with Crippen LogP contribution in [0.25, 0.3) is 0 Å². The fraction of sp³-hybridized carbons (Fsp3) is 0.143. The van der Waals surface area contributed by atoms with Crippen molar-refractivity contribution in [3.63, 3.8) is 0 Å². The number of aldehydes is 1. The summed E-state index contributed by atoms with van der Waals surface area (Å²) >= 11 is 7.72. The van der Waals surface area contributed by atoms with Gasteiger partial charge in [0.1, 0.15) is 0 Å². The Bertz CT molecular complexity index is 571. The molecule has 0 aliphatic heterocycles. The van der Waals surface area contributed by atoms with E-state index in [0.29, 0.717) is 5.56 Å². The van der Waals surface area contributed by atoms with Crippen LogP contribution in [0.15, 0.2) is 41.6 Å². The maximum atomic E-state index is 10.6.